The highest BCUT2D eigenvalue weighted by Crippen LogP contribution is 2.33. The maximum Gasteiger partial charge on any atom is 0.283 e. The molecule has 0 spiro atoms. The number of hydrazone groups is 1. The van der Waals surface area contributed by atoms with Crippen LogP contribution < -0.4 is 14.2 Å². The second kappa shape index (κ2) is 11.9. The predicted molar refractivity (Wildman–Crippen MR) is 155 cm³/mol. The van der Waals surface area contributed by atoms with Crippen LogP contribution in [0.25, 0.3) is 6.08 Å². The van der Waals surface area contributed by atoms with Gasteiger partial charge in [-0.3, -0.25) is 10.2 Å². The molecule has 3 aromatic rings. The van der Waals surface area contributed by atoms with E-state index in [9.17, 15) is 4.79 Å². The number of ether oxygens (including phenoxy) is 3. The van der Waals surface area contributed by atoms with Gasteiger partial charge in [0.2, 0.25) is 5.17 Å². The van der Waals surface area contributed by atoms with Gasteiger partial charge in [-0.05, 0) is 72.3 Å². The highest BCUT2D eigenvalue weighted by atomic mass is 35.5. The lowest BCUT2D eigenvalue weighted by atomic mass is 10.1. The third kappa shape index (κ3) is 6.27. The number of para-hydroxylation sites is 1. The summed E-state index contributed by atoms with van der Waals surface area (Å²) in [5, 5.41) is 16.3. The third-order valence-corrected chi connectivity index (χ3v) is 7.18. The van der Waals surface area contributed by atoms with E-state index in [4.69, 9.17) is 42.8 Å². The van der Waals surface area contributed by atoms with Gasteiger partial charge in [0, 0.05) is 0 Å². The number of benzene rings is 3. The van der Waals surface area contributed by atoms with Crippen LogP contribution in [0.3, 0.4) is 0 Å². The average Bonchev–Trinajstić information content (AvgIpc) is 3.35. The smallest absolute Gasteiger partial charge is 0.283 e. The van der Waals surface area contributed by atoms with E-state index in [1.165, 1.54) is 16.8 Å². The van der Waals surface area contributed by atoms with Crippen molar-refractivity contribution in [3.8, 4) is 17.2 Å². The van der Waals surface area contributed by atoms with E-state index in [2.05, 4.69) is 10.1 Å². The summed E-state index contributed by atoms with van der Waals surface area (Å²) in [6.45, 7) is 2.75. The van der Waals surface area contributed by atoms with E-state index in [1.54, 1.807) is 36.4 Å². The summed E-state index contributed by atoms with van der Waals surface area (Å²) in [6.07, 6.45) is 1.59. The van der Waals surface area contributed by atoms with E-state index in [0.717, 1.165) is 5.56 Å². The minimum absolute atomic E-state index is 0.0647. The van der Waals surface area contributed by atoms with Crippen LogP contribution in [0.1, 0.15) is 18.1 Å². The molecule has 198 valence electrons. The summed E-state index contributed by atoms with van der Waals surface area (Å²) in [6, 6.07) is 19.9. The van der Waals surface area contributed by atoms with Crippen LogP contribution in [0.2, 0.25) is 10.0 Å². The van der Waals surface area contributed by atoms with Gasteiger partial charge in [-0.25, -0.2) is 0 Å². The van der Waals surface area contributed by atoms with Crippen molar-refractivity contribution in [3.63, 3.8) is 0 Å². The van der Waals surface area contributed by atoms with E-state index in [0.29, 0.717) is 49.7 Å². The van der Waals surface area contributed by atoms with Crippen molar-refractivity contribution in [1.29, 1.82) is 5.41 Å². The molecule has 0 atom stereocenters. The van der Waals surface area contributed by atoms with Crippen molar-refractivity contribution in [2.75, 3.05) is 13.2 Å². The number of rotatable bonds is 9. The van der Waals surface area contributed by atoms with Crippen molar-refractivity contribution in [1.82, 2.24) is 5.01 Å². The van der Waals surface area contributed by atoms with Gasteiger partial charge in [-0.15, -0.1) is 0 Å². The Kier molecular flexibility index (Phi) is 8.21. The first-order chi connectivity index (χ1) is 18.9. The van der Waals surface area contributed by atoms with E-state index in [-0.39, 0.29) is 24.6 Å². The standard InChI is InChI=1S/C28H22Cl2N4O4S/c1-2-36-24-14-17(9-11-23(24)38-15-18-8-10-21(29)22(30)13-18)12-20-26(31)34-28(32-27(20)35)39-25(33-34)16-37-19-6-4-3-5-7-19/h3-14,31H,2,15-16H2,1H3/b20-12-,31-26?. The van der Waals surface area contributed by atoms with Crippen molar-refractivity contribution >= 4 is 63.0 Å². The molecule has 0 fully saturated rings. The molecule has 2 aliphatic rings. The van der Waals surface area contributed by atoms with Gasteiger partial charge < -0.3 is 14.2 Å². The summed E-state index contributed by atoms with van der Waals surface area (Å²) in [5.41, 5.74) is 1.61. The number of amidine groups is 2. The lowest BCUT2D eigenvalue weighted by Gasteiger charge is -2.20. The average molecular weight is 581 g/mol. The molecule has 2 aliphatic heterocycles. The lowest BCUT2D eigenvalue weighted by molar-refractivity contribution is -0.114. The number of halogens is 2. The molecule has 11 heteroatoms. The zero-order chi connectivity index (χ0) is 27.4. The molecule has 5 rings (SSSR count). The number of thioether (sulfide) groups is 1. The molecule has 1 amide bonds. The van der Waals surface area contributed by atoms with E-state index in [1.807, 2.05) is 43.3 Å². The van der Waals surface area contributed by atoms with Crippen molar-refractivity contribution in [2.45, 2.75) is 13.5 Å². The summed E-state index contributed by atoms with van der Waals surface area (Å²) in [4.78, 5) is 17.0. The Morgan fingerprint density at radius 1 is 0.949 bits per heavy atom. The summed E-state index contributed by atoms with van der Waals surface area (Å²) >= 11 is 13.3. The number of amides is 1. The number of carbonyl (C=O) groups excluding carboxylic acids is 1. The molecule has 0 unspecified atom stereocenters. The minimum atomic E-state index is -0.517. The van der Waals surface area contributed by atoms with Gasteiger partial charge in [0.15, 0.2) is 17.3 Å². The Bertz CT molecular complexity index is 1530. The monoisotopic (exact) mass is 580 g/mol. The third-order valence-electron chi connectivity index (χ3n) is 5.56. The summed E-state index contributed by atoms with van der Waals surface area (Å²) < 4.78 is 17.5. The van der Waals surface area contributed by atoms with Crippen LogP contribution in [0.4, 0.5) is 0 Å². The first kappa shape index (κ1) is 26.8. The van der Waals surface area contributed by atoms with Gasteiger partial charge in [-0.1, -0.05) is 53.5 Å². The highest BCUT2D eigenvalue weighted by Gasteiger charge is 2.35. The first-order valence-electron chi connectivity index (χ1n) is 11.9. The molecule has 0 aromatic heterocycles. The number of carbonyl (C=O) groups is 1. The van der Waals surface area contributed by atoms with Gasteiger partial charge in [0.05, 0.1) is 22.2 Å². The quantitative estimate of drug-likeness (QED) is 0.284. The Hall–Kier alpha value is -3.79. The summed E-state index contributed by atoms with van der Waals surface area (Å²) in [7, 11) is 0. The zero-order valence-electron chi connectivity index (χ0n) is 20.7. The van der Waals surface area contributed by atoms with E-state index < -0.39 is 5.91 Å². The van der Waals surface area contributed by atoms with Gasteiger partial charge >= 0.3 is 0 Å². The number of nitrogens with zero attached hydrogens (tertiary/aromatic N) is 3. The second-order valence-corrected chi connectivity index (χ2v) is 10.1. The Balaban J connectivity index is 1.32. The maximum absolute atomic E-state index is 12.8. The van der Waals surface area contributed by atoms with Gasteiger partial charge in [0.25, 0.3) is 5.91 Å². The fourth-order valence-electron chi connectivity index (χ4n) is 3.71. The fourth-order valence-corrected chi connectivity index (χ4v) is 4.83. The number of hydrogen-bond acceptors (Lipinski definition) is 7. The van der Waals surface area contributed by atoms with Crippen LogP contribution in [0.5, 0.6) is 17.2 Å². The molecule has 39 heavy (non-hydrogen) atoms. The Morgan fingerprint density at radius 3 is 2.54 bits per heavy atom. The molecule has 0 radical (unpaired) electrons. The second-order valence-electron chi connectivity index (χ2n) is 8.29. The SMILES string of the molecule is CCOc1cc(/C=C2/C(=N)N3N=C(COc4ccccc4)SC3=NC2=O)ccc1OCc1ccc(Cl)c(Cl)c1. The number of nitrogens with one attached hydrogen (secondary N) is 1. The number of hydrogen-bond donors (Lipinski definition) is 1. The van der Waals surface area contributed by atoms with Crippen LogP contribution in [-0.4, -0.2) is 40.2 Å². The largest absolute Gasteiger partial charge is 0.490 e. The zero-order valence-corrected chi connectivity index (χ0v) is 23.0. The Labute approximate surface area is 239 Å². The van der Waals surface area contributed by atoms with Gasteiger partial charge in [-0.2, -0.15) is 15.1 Å². The molecule has 3 aromatic carbocycles. The molecular formula is C28H22Cl2N4O4S. The van der Waals surface area contributed by atoms with Crippen molar-refractivity contribution in [3.05, 3.63) is 93.5 Å². The molecular weight excluding hydrogens is 559 g/mol. The van der Waals surface area contributed by atoms with E-state index >= 15 is 0 Å². The number of aliphatic imine (C=N–C) groups is 1. The van der Waals surface area contributed by atoms with Crippen molar-refractivity contribution < 1.29 is 19.0 Å². The molecule has 1 N–H and O–H groups in total. The molecule has 0 bridgehead atoms. The molecule has 0 saturated heterocycles. The van der Waals surface area contributed by atoms with Crippen LogP contribution >= 0.6 is 35.0 Å². The normalized spacial score (nSPS) is 15.7. The highest BCUT2D eigenvalue weighted by molar-refractivity contribution is 8.27. The maximum atomic E-state index is 12.8. The minimum Gasteiger partial charge on any atom is -0.490 e. The van der Waals surface area contributed by atoms with Crippen LogP contribution in [0, 0.1) is 5.41 Å². The number of fused-ring (bicyclic) bond motifs is 1. The molecule has 0 saturated carbocycles. The first-order valence-corrected chi connectivity index (χ1v) is 13.5. The predicted octanol–water partition coefficient (Wildman–Crippen LogP) is 6.67. The summed E-state index contributed by atoms with van der Waals surface area (Å²) in [5.74, 6) is 1.15. The Morgan fingerprint density at radius 2 is 1.77 bits per heavy atom. The van der Waals surface area contributed by atoms with Gasteiger partial charge in [0.1, 0.15) is 24.0 Å². The molecule has 8 nitrogen and oxygen atoms in total. The fraction of sp³-hybridized carbons (Fsp3) is 0.143. The topological polar surface area (TPSA) is 96.6 Å². The van der Waals surface area contributed by atoms with Crippen LogP contribution in [0.15, 0.2) is 82.4 Å². The lowest BCUT2D eigenvalue weighted by Crippen LogP contribution is -2.35. The molecule has 2 heterocycles. The molecule has 0 aliphatic carbocycles. The van der Waals surface area contributed by atoms with Crippen molar-refractivity contribution in [2.24, 2.45) is 10.1 Å². The van der Waals surface area contributed by atoms with Crippen LogP contribution in [-0.2, 0) is 11.4 Å².